The van der Waals surface area contributed by atoms with Crippen molar-refractivity contribution in [1.29, 1.82) is 0 Å². The second kappa shape index (κ2) is 10.2. The minimum Gasteiger partial charge on any atom is -0.483 e. The lowest BCUT2D eigenvalue weighted by Crippen LogP contribution is -2.49. The van der Waals surface area contributed by atoms with Crippen LogP contribution in [0.5, 0.6) is 5.75 Å². The highest BCUT2D eigenvalue weighted by atomic mass is 127. The Morgan fingerprint density at radius 1 is 1.12 bits per heavy atom. The van der Waals surface area contributed by atoms with Gasteiger partial charge >= 0.3 is 0 Å². The molecule has 0 unspecified atom stereocenters. The molecule has 0 radical (unpaired) electrons. The summed E-state index contributed by atoms with van der Waals surface area (Å²) in [5.41, 5.74) is 5.31. The summed E-state index contributed by atoms with van der Waals surface area (Å²) in [5.74, 6) is -0.291. The van der Waals surface area contributed by atoms with Crippen LogP contribution in [0, 0.1) is 3.57 Å². The Balaban J connectivity index is 1.77. The highest BCUT2D eigenvalue weighted by Gasteiger charge is 2.11. The minimum atomic E-state index is -0.453. The monoisotopic (exact) mass is 611 g/mol. The first-order valence-corrected chi connectivity index (χ1v) is 10.2. The number of hydrogen-bond acceptors (Lipinski definition) is 4. The molecule has 2 rings (SSSR count). The van der Waals surface area contributed by atoms with Crippen LogP contribution in [0.1, 0.15) is 10.4 Å². The Morgan fingerprint density at radius 3 is 2.54 bits per heavy atom. The Hall–Kier alpha value is -1.24. The van der Waals surface area contributed by atoms with Gasteiger partial charge in [0.1, 0.15) is 5.75 Å². The van der Waals surface area contributed by atoms with Gasteiger partial charge < -0.3 is 4.74 Å². The van der Waals surface area contributed by atoms with Gasteiger partial charge in [0.05, 0.1) is 10.0 Å². The maximum absolute atomic E-state index is 12.1. The number of rotatable bonds is 4. The van der Waals surface area contributed by atoms with E-state index in [1.165, 1.54) is 0 Å². The second-order valence-electron chi connectivity index (χ2n) is 4.80. The molecule has 0 spiro atoms. The minimum absolute atomic E-state index is 0.0205. The predicted octanol–water partition coefficient (Wildman–Crippen LogP) is 3.53. The zero-order chi connectivity index (χ0) is 19.1. The van der Waals surface area contributed by atoms with Gasteiger partial charge in [0.15, 0.2) is 11.7 Å². The van der Waals surface area contributed by atoms with Crippen LogP contribution in [0.15, 0.2) is 51.4 Å². The maximum Gasteiger partial charge on any atom is 0.276 e. The number of hydrogen-bond donors (Lipinski definition) is 3. The van der Waals surface area contributed by atoms with Crippen LogP contribution in [0.25, 0.3) is 0 Å². The summed E-state index contributed by atoms with van der Waals surface area (Å²) < 4.78 is 7.80. The van der Waals surface area contributed by atoms with Crippen molar-refractivity contribution in [1.82, 2.24) is 16.2 Å². The average molecular weight is 613 g/mol. The molecular weight excluding hydrogens is 601 g/mol. The van der Waals surface area contributed by atoms with E-state index < -0.39 is 5.91 Å². The van der Waals surface area contributed by atoms with E-state index in [0.717, 1.165) is 8.04 Å². The lowest BCUT2D eigenvalue weighted by atomic mass is 10.2. The normalized spacial score (nSPS) is 9.96. The molecule has 0 atom stereocenters. The van der Waals surface area contributed by atoms with Crippen LogP contribution in [0.4, 0.5) is 0 Å². The molecule has 3 N–H and O–H groups in total. The molecule has 0 bridgehead atoms. The number of carbonyl (C=O) groups excluding carboxylic acids is 2. The molecule has 6 nitrogen and oxygen atoms in total. The van der Waals surface area contributed by atoms with Crippen molar-refractivity contribution in [2.75, 3.05) is 6.61 Å². The zero-order valence-corrected chi connectivity index (χ0v) is 19.2. The molecule has 0 saturated carbocycles. The predicted molar refractivity (Wildman–Crippen MR) is 118 cm³/mol. The molecule has 2 amide bonds. The first kappa shape index (κ1) is 21.1. The quantitative estimate of drug-likeness (QED) is 0.280. The molecule has 2 aromatic rings. The zero-order valence-electron chi connectivity index (χ0n) is 13.0. The van der Waals surface area contributed by atoms with E-state index in [1.54, 1.807) is 30.3 Å². The molecule has 0 aromatic heterocycles. The summed E-state index contributed by atoms with van der Waals surface area (Å²) >= 11 is 13.7. The van der Waals surface area contributed by atoms with E-state index >= 15 is 0 Å². The van der Waals surface area contributed by atoms with Crippen LogP contribution in [-0.4, -0.2) is 23.5 Å². The third-order valence-electron chi connectivity index (χ3n) is 2.91. The van der Waals surface area contributed by atoms with Gasteiger partial charge in [0, 0.05) is 8.04 Å². The third kappa shape index (κ3) is 6.49. The highest BCUT2D eigenvalue weighted by molar-refractivity contribution is 14.1. The van der Waals surface area contributed by atoms with Crippen LogP contribution in [-0.2, 0) is 4.79 Å². The first-order valence-electron chi connectivity index (χ1n) is 7.09. The molecule has 10 heteroatoms. The van der Waals surface area contributed by atoms with Crippen molar-refractivity contribution >= 4 is 83.6 Å². The Labute approximate surface area is 185 Å². The lowest BCUT2D eigenvalue weighted by molar-refractivity contribution is -0.123. The van der Waals surface area contributed by atoms with Crippen molar-refractivity contribution < 1.29 is 14.3 Å². The van der Waals surface area contributed by atoms with Gasteiger partial charge in [-0.3, -0.25) is 25.8 Å². The summed E-state index contributed by atoms with van der Waals surface area (Å²) in [6.45, 7) is -0.222. The number of ether oxygens (including phenoxy) is 1. The van der Waals surface area contributed by atoms with Gasteiger partial charge in [0.25, 0.3) is 11.8 Å². The number of amides is 2. The number of hydrazine groups is 1. The van der Waals surface area contributed by atoms with Crippen molar-refractivity contribution in [2.24, 2.45) is 0 Å². The van der Waals surface area contributed by atoms with E-state index in [-0.39, 0.29) is 17.6 Å². The molecule has 0 aliphatic heterocycles. The van der Waals surface area contributed by atoms with Gasteiger partial charge in [-0.25, -0.2) is 0 Å². The van der Waals surface area contributed by atoms with E-state index in [0.29, 0.717) is 15.8 Å². The van der Waals surface area contributed by atoms with Gasteiger partial charge in [0.2, 0.25) is 0 Å². The molecular formula is C16H12Br2IN3O3S. The highest BCUT2D eigenvalue weighted by Crippen LogP contribution is 2.28. The van der Waals surface area contributed by atoms with Crippen LogP contribution in [0.2, 0.25) is 0 Å². The standard InChI is InChI=1S/C16H12Br2IN3O3S/c17-9-5-6-13(11(18)7-9)25-8-14(23)21-22-16(26)20-15(24)10-3-1-2-4-12(10)19/h1-7H,8H2,(H,21,23)(H2,20,22,24,26). The largest absolute Gasteiger partial charge is 0.483 e. The number of nitrogens with one attached hydrogen (secondary N) is 3. The molecule has 0 aliphatic rings. The number of thiocarbonyl (C=S) groups is 1. The van der Waals surface area contributed by atoms with E-state index in [9.17, 15) is 9.59 Å². The molecule has 0 aliphatic carbocycles. The van der Waals surface area contributed by atoms with Gasteiger partial charge in [-0.1, -0.05) is 28.1 Å². The van der Waals surface area contributed by atoms with Crippen molar-refractivity contribution in [3.63, 3.8) is 0 Å². The number of halogens is 3. The average Bonchev–Trinajstić information content (AvgIpc) is 2.59. The van der Waals surface area contributed by atoms with E-state index in [1.807, 2.05) is 12.1 Å². The molecule has 0 saturated heterocycles. The molecule has 0 heterocycles. The fourth-order valence-electron chi connectivity index (χ4n) is 1.75. The topological polar surface area (TPSA) is 79.5 Å². The second-order valence-corrected chi connectivity index (χ2v) is 8.14. The molecule has 136 valence electrons. The molecule has 0 fully saturated rings. The fourth-order valence-corrected chi connectivity index (χ4v) is 3.68. The number of carbonyl (C=O) groups is 2. The van der Waals surface area contributed by atoms with Gasteiger partial charge in [-0.2, -0.15) is 0 Å². The molecule has 2 aromatic carbocycles. The van der Waals surface area contributed by atoms with E-state index in [4.69, 9.17) is 17.0 Å². The maximum atomic E-state index is 12.1. The SMILES string of the molecule is O=C(COc1ccc(Br)cc1Br)NNC(=S)NC(=O)c1ccccc1I. The van der Waals surface area contributed by atoms with E-state index in [2.05, 4.69) is 70.6 Å². The summed E-state index contributed by atoms with van der Waals surface area (Å²) in [4.78, 5) is 23.9. The molecule has 26 heavy (non-hydrogen) atoms. The first-order chi connectivity index (χ1) is 12.4. The van der Waals surface area contributed by atoms with Crippen molar-refractivity contribution in [2.45, 2.75) is 0 Å². The summed E-state index contributed by atoms with van der Waals surface area (Å²) in [6.07, 6.45) is 0. The Kier molecular flexibility index (Phi) is 8.25. The smallest absolute Gasteiger partial charge is 0.276 e. The summed E-state index contributed by atoms with van der Waals surface area (Å²) in [5, 5.41) is 2.47. The van der Waals surface area contributed by atoms with Gasteiger partial charge in [-0.05, 0) is 81.1 Å². The fraction of sp³-hybridized carbons (Fsp3) is 0.0625. The lowest BCUT2D eigenvalue weighted by Gasteiger charge is -2.12. The summed E-state index contributed by atoms with van der Waals surface area (Å²) in [7, 11) is 0. The Bertz CT molecular complexity index is 851. The van der Waals surface area contributed by atoms with Crippen LogP contribution in [0.3, 0.4) is 0 Å². The van der Waals surface area contributed by atoms with Crippen molar-refractivity contribution in [3.05, 3.63) is 60.5 Å². The van der Waals surface area contributed by atoms with Gasteiger partial charge in [-0.15, -0.1) is 0 Å². The van der Waals surface area contributed by atoms with Crippen LogP contribution >= 0.6 is 66.7 Å². The number of benzene rings is 2. The van der Waals surface area contributed by atoms with Crippen LogP contribution < -0.4 is 20.9 Å². The third-order valence-corrected chi connectivity index (χ3v) is 5.17. The Morgan fingerprint density at radius 2 is 1.85 bits per heavy atom. The summed E-state index contributed by atoms with van der Waals surface area (Å²) in [6, 6.07) is 12.4. The van der Waals surface area contributed by atoms with Crippen molar-refractivity contribution in [3.8, 4) is 5.75 Å².